The largest absolute Gasteiger partial charge is 0.462 e. The number of carbonyl (C=O) groups excluding carboxylic acids is 1. The molecular weight excluding hydrogens is 332 g/mol. The molecule has 0 radical (unpaired) electrons. The highest BCUT2D eigenvalue weighted by molar-refractivity contribution is 5.71. The van der Waals surface area contributed by atoms with Crippen LogP contribution in [0.1, 0.15) is 88.2 Å². The van der Waals surface area contributed by atoms with Gasteiger partial charge in [0.1, 0.15) is 6.10 Å². The van der Waals surface area contributed by atoms with E-state index in [9.17, 15) is 4.79 Å². The van der Waals surface area contributed by atoms with Crippen LogP contribution in [0.25, 0.3) is 0 Å². The molecule has 0 atom stereocenters. The van der Waals surface area contributed by atoms with Gasteiger partial charge in [0.25, 0.3) is 0 Å². The number of aryl methyl sites for hydroxylation is 1. The van der Waals surface area contributed by atoms with Crippen molar-refractivity contribution in [3.63, 3.8) is 0 Å². The summed E-state index contributed by atoms with van der Waals surface area (Å²) in [5.41, 5.74) is 3.02. The molecule has 27 heavy (non-hydrogen) atoms. The lowest BCUT2D eigenvalue weighted by Crippen LogP contribution is -2.29. The fourth-order valence-corrected chi connectivity index (χ4v) is 5.20. The first-order valence-corrected chi connectivity index (χ1v) is 11.1. The van der Waals surface area contributed by atoms with Crippen molar-refractivity contribution in [2.24, 2.45) is 11.8 Å². The minimum atomic E-state index is -0.112. The maximum absolute atomic E-state index is 11.6. The highest BCUT2D eigenvalue weighted by atomic mass is 16.5. The second-order valence-electron chi connectivity index (χ2n) is 8.62. The van der Waals surface area contributed by atoms with Crippen molar-refractivity contribution < 1.29 is 9.53 Å². The first-order valence-electron chi connectivity index (χ1n) is 11.1. The predicted molar refractivity (Wildman–Crippen MR) is 112 cm³/mol. The van der Waals surface area contributed by atoms with E-state index >= 15 is 0 Å². The van der Waals surface area contributed by atoms with Crippen LogP contribution in [0.3, 0.4) is 0 Å². The zero-order chi connectivity index (χ0) is 19.1. The fourth-order valence-electron chi connectivity index (χ4n) is 5.20. The maximum Gasteiger partial charge on any atom is 0.309 e. The lowest BCUT2D eigenvalue weighted by atomic mass is 9.69. The van der Waals surface area contributed by atoms with Crippen LogP contribution in [0.2, 0.25) is 0 Å². The molecule has 1 aromatic carbocycles. The molecule has 0 N–H and O–H groups in total. The SMILES string of the molecule is C=CCC(=O)OC1CCC(C2CCC(c3ccc(CCC)cc3)CC2)CC1. The Hall–Kier alpha value is -1.57. The van der Waals surface area contributed by atoms with Gasteiger partial charge in [0, 0.05) is 0 Å². The zero-order valence-electron chi connectivity index (χ0n) is 17.0. The van der Waals surface area contributed by atoms with Crippen LogP contribution in [-0.2, 0) is 16.0 Å². The smallest absolute Gasteiger partial charge is 0.309 e. The summed E-state index contributed by atoms with van der Waals surface area (Å²) in [6.07, 6.45) is 14.5. The van der Waals surface area contributed by atoms with E-state index < -0.39 is 0 Å². The van der Waals surface area contributed by atoms with Crippen LogP contribution in [0, 0.1) is 11.8 Å². The van der Waals surface area contributed by atoms with Crippen LogP contribution in [-0.4, -0.2) is 12.1 Å². The third-order valence-electron chi connectivity index (χ3n) is 6.76. The number of rotatable bonds is 7. The number of hydrogen-bond acceptors (Lipinski definition) is 2. The lowest BCUT2D eigenvalue weighted by Gasteiger charge is -2.37. The van der Waals surface area contributed by atoms with E-state index in [4.69, 9.17) is 4.74 Å². The van der Waals surface area contributed by atoms with E-state index in [-0.39, 0.29) is 12.1 Å². The zero-order valence-corrected chi connectivity index (χ0v) is 17.0. The summed E-state index contributed by atoms with van der Waals surface area (Å²) >= 11 is 0. The summed E-state index contributed by atoms with van der Waals surface area (Å²) in [7, 11) is 0. The van der Waals surface area contributed by atoms with Gasteiger partial charge in [-0.1, -0.05) is 43.7 Å². The van der Waals surface area contributed by atoms with Gasteiger partial charge >= 0.3 is 5.97 Å². The molecule has 2 aliphatic carbocycles. The summed E-state index contributed by atoms with van der Waals surface area (Å²) < 4.78 is 5.56. The molecule has 0 aromatic heterocycles. The van der Waals surface area contributed by atoms with Crippen molar-refractivity contribution in [1.82, 2.24) is 0 Å². The average molecular weight is 369 g/mol. The van der Waals surface area contributed by atoms with E-state index in [1.165, 1.54) is 56.9 Å². The second kappa shape index (κ2) is 10.1. The molecule has 0 aliphatic heterocycles. The summed E-state index contributed by atoms with van der Waals surface area (Å²) in [5.74, 6) is 2.37. The Labute approximate surface area is 165 Å². The molecule has 2 aliphatic rings. The maximum atomic E-state index is 11.6. The van der Waals surface area contributed by atoms with E-state index in [0.717, 1.165) is 30.6 Å². The standard InChI is InChI=1S/C25H36O2/c1-3-5-19-7-9-20(10-8-19)21-11-13-22(14-12-21)23-15-17-24(18-16-23)27-25(26)6-4-2/h4,7-10,21-24H,2-3,5-6,11-18H2,1H3. The molecule has 2 nitrogen and oxygen atoms in total. The van der Waals surface area contributed by atoms with Gasteiger partial charge in [-0.25, -0.2) is 0 Å². The van der Waals surface area contributed by atoms with Crippen molar-refractivity contribution in [2.45, 2.75) is 89.6 Å². The number of benzene rings is 1. The monoisotopic (exact) mass is 368 g/mol. The Morgan fingerprint density at radius 3 is 2.15 bits per heavy atom. The summed E-state index contributed by atoms with van der Waals surface area (Å²) in [6.45, 7) is 5.85. The van der Waals surface area contributed by atoms with Crippen LogP contribution in [0.5, 0.6) is 0 Å². The third-order valence-corrected chi connectivity index (χ3v) is 6.76. The molecule has 2 saturated carbocycles. The Morgan fingerprint density at radius 1 is 1.00 bits per heavy atom. The molecule has 0 bridgehead atoms. The normalized spacial score (nSPS) is 28.5. The molecule has 0 amide bonds. The molecule has 3 rings (SSSR count). The van der Waals surface area contributed by atoms with Crippen LogP contribution >= 0.6 is 0 Å². The van der Waals surface area contributed by atoms with E-state index in [2.05, 4.69) is 37.8 Å². The van der Waals surface area contributed by atoms with Crippen molar-refractivity contribution in [3.8, 4) is 0 Å². The minimum absolute atomic E-state index is 0.112. The highest BCUT2D eigenvalue weighted by Gasteiger charge is 2.32. The summed E-state index contributed by atoms with van der Waals surface area (Å²) in [4.78, 5) is 11.6. The fraction of sp³-hybridized carbons (Fsp3) is 0.640. The van der Waals surface area contributed by atoms with Gasteiger partial charge in [-0.05, 0) is 86.7 Å². The van der Waals surface area contributed by atoms with Crippen LogP contribution in [0.15, 0.2) is 36.9 Å². The molecule has 0 heterocycles. The van der Waals surface area contributed by atoms with E-state index in [1.807, 2.05) is 0 Å². The number of esters is 1. The Kier molecular flexibility index (Phi) is 7.55. The first-order chi connectivity index (χ1) is 13.2. The van der Waals surface area contributed by atoms with Crippen molar-refractivity contribution >= 4 is 5.97 Å². The first kappa shape index (κ1) is 20.2. The summed E-state index contributed by atoms with van der Waals surface area (Å²) in [5, 5.41) is 0. The van der Waals surface area contributed by atoms with E-state index in [0.29, 0.717) is 6.42 Å². The number of ether oxygens (including phenoxy) is 1. The molecule has 0 spiro atoms. The molecule has 148 valence electrons. The molecular formula is C25H36O2. The van der Waals surface area contributed by atoms with Gasteiger partial charge in [0.05, 0.1) is 6.42 Å². The van der Waals surface area contributed by atoms with Crippen molar-refractivity contribution in [2.75, 3.05) is 0 Å². The van der Waals surface area contributed by atoms with Gasteiger partial charge in [0.2, 0.25) is 0 Å². The van der Waals surface area contributed by atoms with Gasteiger partial charge in [0.15, 0.2) is 0 Å². The molecule has 2 fully saturated rings. The van der Waals surface area contributed by atoms with Crippen LogP contribution in [0.4, 0.5) is 0 Å². The van der Waals surface area contributed by atoms with Gasteiger partial charge in [-0.2, -0.15) is 0 Å². The summed E-state index contributed by atoms with van der Waals surface area (Å²) in [6, 6.07) is 9.41. The van der Waals surface area contributed by atoms with Gasteiger partial charge in [-0.3, -0.25) is 4.79 Å². The average Bonchev–Trinajstić information content (AvgIpc) is 2.70. The quantitative estimate of drug-likeness (QED) is 0.401. The predicted octanol–water partition coefficient (Wildman–Crippen LogP) is 6.59. The van der Waals surface area contributed by atoms with Gasteiger partial charge < -0.3 is 4.74 Å². The second-order valence-corrected chi connectivity index (χ2v) is 8.62. The molecule has 0 unspecified atom stereocenters. The third kappa shape index (κ3) is 5.70. The lowest BCUT2D eigenvalue weighted by molar-refractivity contribution is -0.150. The minimum Gasteiger partial charge on any atom is -0.462 e. The Bertz CT molecular complexity index is 587. The highest BCUT2D eigenvalue weighted by Crippen LogP contribution is 2.43. The van der Waals surface area contributed by atoms with Crippen LogP contribution < -0.4 is 0 Å². The molecule has 1 aromatic rings. The Balaban J connectivity index is 1.42. The number of hydrogen-bond donors (Lipinski definition) is 0. The Morgan fingerprint density at radius 2 is 1.59 bits per heavy atom. The van der Waals surface area contributed by atoms with Crippen molar-refractivity contribution in [1.29, 1.82) is 0 Å². The molecule has 2 heteroatoms. The van der Waals surface area contributed by atoms with Gasteiger partial charge in [-0.15, -0.1) is 6.58 Å². The van der Waals surface area contributed by atoms with E-state index in [1.54, 1.807) is 11.6 Å². The molecule has 0 saturated heterocycles. The van der Waals surface area contributed by atoms with Crippen molar-refractivity contribution in [3.05, 3.63) is 48.0 Å². The topological polar surface area (TPSA) is 26.3 Å². The number of carbonyl (C=O) groups is 1.